The number of halogens is 1. The van der Waals surface area contributed by atoms with Gasteiger partial charge in [-0.3, -0.25) is 0 Å². The van der Waals surface area contributed by atoms with E-state index in [1.165, 1.54) is 0 Å². The van der Waals surface area contributed by atoms with Crippen LogP contribution in [0.5, 0.6) is 0 Å². The van der Waals surface area contributed by atoms with Crippen molar-refractivity contribution in [2.45, 2.75) is 11.6 Å². The zero-order valence-corrected chi connectivity index (χ0v) is 11.2. The highest BCUT2D eigenvalue weighted by molar-refractivity contribution is 9.10. The molecule has 2 rings (SSSR count). The van der Waals surface area contributed by atoms with Crippen LogP contribution in [-0.4, -0.2) is 15.3 Å². The lowest BCUT2D eigenvalue weighted by Crippen LogP contribution is -1.91. The van der Waals surface area contributed by atoms with Gasteiger partial charge in [-0.2, -0.15) is 5.26 Å². The molecule has 0 spiro atoms. The molecule has 5 heteroatoms. The number of thioether (sulfide) groups is 1. The fourth-order valence-corrected chi connectivity index (χ4v) is 2.65. The lowest BCUT2D eigenvalue weighted by Gasteiger charge is -1.99. The second-order valence-corrected chi connectivity index (χ2v) is 5.32. The minimum atomic E-state index is 0.553. The summed E-state index contributed by atoms with van der Waals surface area (Å²) in [5.74, 6) is 0.787. The maximum absolute atomic E-state index is 8.49. The van der Waals surface area contributed by atoms with Crippen LogP contribution in [0.25, 0.3) is 11.0 Å². The molecule has 0 unspecified atom stereocenters. The van der Waals surface area contributed by atoms with Crippen LogP contribution in [0.2, 0.25) is 0 Å². The van der Waals surface area contributed by atoms with Gasteiger partial charge in [0, 0.05) is 23.7 Å². The SMILES string of the molecule is Cn1c(SCCC#N)nc2cc(Br)ccc21. The Hall–Kier alpha value is -0.990. The molecule has 0 saturated heterocycles. The van der Waals surface area contributed by atoms with Crippen LogP contribution in [0.3, 0.4) is 0 Å². The Balaban J connectivity index is 2.33. The third-order valence-electron chi connectivity index (χ3n) is 2.25. The first-order valence-electron chi connectivity index (χ1n) is 4.84. The zero-order chi connectivity index (χ0) is 11.5. The molecule has 82 valence electrons. The first kappa shape index (κ1) is 11.5. The Morgan fingerprint density at radius 2 is 2.38 bits per heavy atom. The molecule has 0 N–H and O–H groups in total. The lowest BCUT2D eigenvalue weighted by atomic mass is 10.3. The Labute approximate surface area is 107 Å². The highest BCUT2D eigenvalue weighted by Gasteiger charge is 2.07. The molecule has 0 aliphatic carbocycles. The first-order valence-corrected chi connectivity index (χ1v) is 6.62. The normalized spacial score (nSPS) is 10.6. The molecule has 0 aliphatic rings. The van der Waals surface area contributed by atoms with Gasteiger partial charge >= 0.3 is 0 Å². The smallest absolute Gasteiger partial charge is 0.168 e. The lowest BCUT2D eigenvalue weighted by molar-refractivity contribution is 0.815. The van der Waals surface area contributed by atoms with Gasteiger partial charge in [-0.1, -0.05) is 27.7 Å². The van der Waals surface area contributed by atoms with E-state index in [1.54, 1.807) is 11.8 Å². The van der Waals surface area contributed by atoms with Gasteiger partial charge in [-0.25, -0.2) is 4.98 Å². The number of hydrogen-bond donors (Lipinski definition) is 0. The number of imidazole rings is 1. The van der Waals surface area contributed by atoms with E-state index in [0.29, 0.717) is 6.42 Å². The van der Waals surface area contributed by atoms with Gasteiger partial charge in [0.2, 0.25) is 0 Å². The van der Waals surface area contributed by atoms with E-state index in [-0.39, 0.29) is 0 Å². The van der Waals surface area contributed by atoms with Gasteiger partial charge < -0.3 is 4.57 Å². The van der Waals surface area contributed by atoms with Crippen molar-refractivity contribution in [2.24, 2.45) is 7.05 Å². The van der Waals surface area contributed by atoms with Gasteiger partial charge in [0.15, 0.2) is 5.16 Å². The predicted octanol–water partition coefficient (Wildman–Crippen LogP) is 3.34. The molecular weight excluding hydrogens is 286 g/mol. The number of nitriles is 1. The highest BCUT2D eigenvalue weighted by Crippen LogP contribution is 2.25. The Morgan fingerprint density at radius 1 is 1.56 bits per heavy atom. The molecule has 1 heterocycles. The fourth-order valence-electron chi connectivity index (χ4n) is 1.47. The average molecular weight is 296 g/mol. The first-order chi connectivity index (χ1) is 7.72. The van der Waals surface area contributed by atoms with Gasteiger partial charge in [0.1, 0.15) is 0 Å². The summed E-state index contributed by atoms with van der Waals surface area (Å²) in [5.41, 5.74) is 2.10. The van der Waals surface area contributed by atoms with Crippen molar-refractivity contribution in [2.75, 3.05) is 5.75 Å². The zero-order valence-electron chi connectivity index (χ0n) is 8.77. The van der Waals surface area contributed by atoms with Crippen LogP contribution in [-0.2, 0) is 7.05 Å². The van der Waals surface area contributed by atoms with Crippen LogP contribution >= 0.6 is 27.7 Å². The van der Waals surface area contributed by atoms with Gasteiger partial charge in [0.25, 0.3) is 0 Å². The van der Waals surface area contributed by atoms with Crippen molar-refractivity contribution in [3.8, 4) is 6.07 Å². The fraction of sp³-hybridized carbons (Fsp3) is 0.273. The topological polar surface area (TPSA) is 41.6 Å². The maximum Gasteiger partial charge on any atom is 0.168 e. The van der Waals surface area contributed by atoms with E-state index in [9.17, 15) is 0 Å². The van der Waals surface area contributed by atoms with Gasteiger partial charge in [0.05, 0.1) is 17.1 Å². The standard InChI is InChI=1S/C11H10BrN3S/c1-15-10-4-3-8(12)7-9(10)14-11(15)16-6-2-5-13/h3-4,7H,2,6H2,1H3. The summed E-state index contributed by atoms with van der Waals surface area (Å²) >= 11 is 5.05. The molecule has 0 aliphatic heterocycles. The number of aryl methyl sites for hydroxylation is 1. The quantitative estimate of drug-likeness (QED) is 0.644. The van der Waals surface area contributed by atoms with Crippen LogP contribution in [0.15, 0.2) is 27.8 Å². The molecule has 0 fully saturated rings. The molecule has 0 atom stereocenters. The molecule has 0 radical (unpaired) electrons. The summed E-state index contributed by atoms with van der Waals surface area (Å²) in [6.45, 7) is 0. The number of nitrogens with zero attached hydrogens (tertiary/aromatic N) is 3. The Kier molecular flexibility index (Phi) is 3.52. The Bertz CT molecular complexity index is 556. The Morgan fingerprint density at radius 3 is 3.12 bits per heavy atom. The number of benzene rings is 1. The molecule has 2 aromatic rings. The second-order valence-electron chi connectivity index (χ2n) is 3.34. The molecule has 0 amide bonds. The molecule has 0 bridgehead atoms. The van der Waals surface area contributed by atoms with E-state index < -0.39 is 0 Å². The van der Waals surface area contributed by atoms with Crippen LogP contribution in [0.1, 0.15) is 6.42 Å². The van der Waals surface area contributed by atoms with E-state index in [2.05, 4.69) is 31.6 Å². The largest absolute Gasteiger partial charge is 0.322 e. The monoisotopic (exact) mass is 295 g/mol. The highest BCUT2D eigenvalue weighted by atomic mass is 79.9. The third-order valence-corrected chi connectivity index (χ3v) is 3.77. The summed E-state index contributed by atoms with van der Waals surface area (Å²) < 4.78 is 3.09. The molecule has 0 saturated carbocycles. The number of rotatable bonds is 3. The molecule has 3 nitrogen and oxygen atoms in total. The van der Waals surface area contributed by atoms with Crippen molar-refractivity contribution >= 4 is 38.7 Å². The van der Waals surface area contributed by atoms with Gasteiger partial charge in [-0.05, 0) is 18.2 Å². The maximum atomic E-state index is 8.49. The van der Waals surface area contributed by atoms with E-state index in [1.807, 2.05) is 25.2 Å². The van der Waals surface area contributed by atoms with E-state index in [0.717, 1.165) is 26.4 Å². The third kappa shape index (κ3) is 2.23. The average Bonchev–Trinajstić information content (AvgIpc) is 2.56. The van der Waals surface area contributed by atoms with Crippen LogP contribution in [0.4, 0.5) is 0 Å². The summed E-state index contributed by atoms with van der Waals surface area (Å²) in [4.78, 5) is 4.53. The van der Waals surface area contributed by atoms with Crippen LogP contribution in [0, 0.1) is 11.3 Å². The van der Waals surface area contributed by atoms with E-state index in [4.69, 9.17) is 5.26 Å². The molecule has 16 heavy (non-hydrogen) atoms. The van der Waals surface area contributed by atoms with Crippen LogP contribution < -0.4 is 0 Å². The minimum absolute atomic E-state index is 0.553. The summed E-state index contributed by atoms with van der Waals surface area (Å²) in [5, 5.41) is 9.45. The minimum Gasteiger partial charge on any atom is -0.322 e. The van der Waals surface area contributed by atoms with Crippen molar-refractivity contribution in [1.82, 2.24) is 9.55 Å². The summed E-state index contributed by atoms with van der Waals surface area (Å²) in [6, 6.07) is 8.19. The number of aromatic nitrogens is 2. The number of fused-ring (bicyclic) bond motifs is 1. The second kappa shape index (κ2) is 4.89. The summed E-state index contributed by atoms with van der Waals surface area (Å²) in [7, 11) is 2.00. The van der Waals surface area contributed by atoms with Crippen molar-refractivity contribution in [3.63, 3.8) is 0 Å². The predicted molar refractivity (Wildman–Crippen MR) is 69.4 cm³/mol. The molecular formula is C11H10BrN3S. The van der Waals surface area contributed by atoms with Crippen molar-refractivity contribution in [3.05, 3.63) is 22.7 Å². The summed E-state index contributed by atoms with van der Waals surface area (Å²) in [6.07, 6.45) is 0.553. The van der Waals surface area contributed by atoms with Gasteiger partial charge in [-0.15, -0.1) is 0 Å². The number of hydrogen-bond acceptors (Lipinski definition) is 3. The van der Waals surface area contributed by atoms with E-state index >= 15 is 0 Å². The molecule has 1 aromatic carbocycles. The molecule has 1 aromatic heterocycles. The van der Waals surface area contributed by atoms with Crippen molar-refractivity contribution < 1.29 is 0 Å². The van der Waals surface area contributed by atoms with Crippen molar-refractivity contribution in [1.29, 1.82) is 5.26 Å².